The van der Waals surface area contributed by atoms with Gasteiger partial charge in [-0.1, -0.05) is 42.5 Å². The van der Waals surface area contributed by atoms with Crippen LogP contribution < -0.4 is 10.6 Å². The molecule has 6 heteroatoms. The number of hydrogen-bond acceptors (Lipinski definition) is 5. The van der Waals surface area contributed by atoms with E-state index in [4.69, 9.17) is 4.42 Å². The summed E-state index contributed by atoms with van der Waals surface area (Å²) in [5.41, 5.74) is 5.21. The number of carbonyl (C=O) groups is 1. The Bertz CT molecular complexity index is 1510. The Kier molecular flexibility index (Phi) is 4.00. The number of fused-ring (bicyclic) bond motifs is 5. The molecule has 4 heterocycles. The lowest BCUT2D eigenvalue weighted by atomic mass is 9.83. The molecular weight excluding hydrogens is 424 g/mol. The Morgan fingerprint density at radius 2 is 1.88 bits per heavy atom. The van der Waals surface area contributed by atoms with Crippen molar-refractivity contribution in [1.29, 1.82) is 0 Å². The van der Waals surface area contributed by atoms with Crippen LogP contribution in [0.2, 0.25) is 0 Å². The fourth-order valence-electron chi connectivity index (χ4n) is 5.58. The molecule has 0 bridgehead atoms. The lowest BCUT2D eigenvalue weighted by Crippen LogP contribution is -2.46. The van der Waals surface area contributed by atoms with E-state index < -0.39 is 5.54 Å². The number of aromatic nitrogens is 1. The van der Waals surface area contributed by atoms with Crippen LogP contribution in [0.25, 0.3) is 16.6 Å². The summed E-state index contributed by atoms with van der Waals surface area (Å²) in [6.45, 7) is 0. The highest BCUT2D eigenvalue weighted by atomic mass is 16.3. The zero-order chi connectivity index (χ0) is 22.7. The van der Waals surface area contributed by atoms with Crippen LogP contribution in [-0.2, 0) is 23.2 Å². The molecule has 0 radical (unpaired) electrons. The summed E-state index contributed by atoms with van der Waals surface area (Å²) in [5.74, 6) is 1.51. The highest BCUT2D eigenvalue weighted by Gasteiger charge is 2.54. The first-order valence-electron chi connectivity index (χ1n) is 11.5. The van der Waals surface area contributed by atoms with Crippen LogP contribution in [0.15, 0.2) is 101 Å². The Hall–Kier alpha value is -4.32. The number of rotatable bonds is 3. The molecule has 0 spiro atoms. The van der Waals surface area contributed by atoms with Crippen LogP contribution in [0, 0.1) is 0 Å². The van der Waals surface area contributed by atoms with E-state index in [1.165, 1.54) is 5.56 Å². The normalized spacial score (nSPS) is 20.9. The zero-order valence-electron chi connectivity index (χ0n) is 18.4. The van der Waals surface area contributed by atoms with E-state index in [2.05, 4.69) is 33.8 Å². The van der Waals surface area contributed by atoms with E-state index in [1.54, 1.807) is 12.5 Å². The first-order chi connectivity index (χ1) is 16.7. The van der Waals surface area contributed by atoms with Crippen LogP contribution >= 0.6 is 0 Å². The van der Waals surface area contributed by atoms with E-state index in [-0.39, 0.29) is 5.91 Å². The highest BCUT2D eigenvalue weighted by Crippen LogP contribution is 2.44. The average molecular weight is 447 g/mol. The molecule has 0 saturated carbocycles. The van der Waals surface area contributed by atoms with Crippen molar-refractivity contribution in [2.45, 2.75) is 24.8 Å². The molecule has 7 rings (SSSR count). The van der Waals surface area contributed by atoms with Gasteiger partial charge in [-0.05, 0) is 48.2 Å². The van der Waals surface area contributed by atoms with Crippen molar-refractivity contribution in [1.82, 2.24) is 20.5 Å². The Balaban J connectivity index is 1.42. The number of furan rings is 1. The van der Waals surface area contributed by atoms with Gasteiger partial charge in [0.25, 0.3) is 5.91 Å². The molecule has 4 aromatic rings. The number of hydrogen-bond donors (Lipinski definition) is 2. The molecule has 2 aromatic heterocycles. The molecule has 1 fully saturated rings. The lowest BCUT2D eigenvalue weighted by molar-refractivity contribution is -0.130. The number of carbonyl (C=O) groups excluding carboxylic acids is 1. The summed E-state index contributed by atoms with van der Waals surface area (Å²) in [6.07, 6.45) is 7.42. The number of allylic oxidation sites excluding steroid dienone is 1. The summed E-state index contributed by atoms with van der Waals surface area (Å²) < 4.78 is 5.74. The molecule has 1 unspecified atom stereocenters. The minimum Gasteiger partial charge on any atom is -0.469 e. The lowest BCUT2D eigenvalue weighted by Gasteiger charge is -2.33. The first-order valence-corrected chi connectivity index (χ1v) is 11.5. The van der Waals surface area contributed by atoms with E-state index >= 15 is 0 Å². The zero-order valence-corrected chi connectivity index (χ0v) is 18.4. The van der Waals surface area contributed by atoms with Crippen molar-refractivity contribution >= 4 is 22.5 Å². The molecule has 6 nitrogen and oxygen atoms in total. The fraction of sp³-hybridized carbons (Fsp3) is 0.143. The van der Waals surface area contributed by atoms with E-state index in [1.807, 2.05) is 59.6 Å². The smallest absolute Gasteiger partial charge is 0.263 e. The molecule has 2 N–H and O–H groups in total. The number of nitrogens with zero attached hydrogens (tertiary/aromatic N) is 2. The number of amides is 1. The van der Waals surface area contributed by atoms with E-state index in [9.17, 15) is 4.79 Å². The van der Waals surface area contributed by atoms with Gasteiger partial charge in [-0.2, -0.15) is 0 Å². The van der Waals surface area contributed by atoms with Gasteiger partial charge in [-0.3, -0.25) is 14.7 Å². The molecule has 166 valence electrons. The first kappa shape index (κ1) is 19.2. The van der Waals surface area contributed by atoms with Gasteiger partial charge in [0.1, 0.15) is 11.6 Å². The summed E-state index contributed by atoms with van der Waals surface area (Å²) in [5, 5.41) is 8.05. The van der Waals surface area contributed by atoms with Gasteiger partial charge in [0, 0.05) is 29.8 Å². The second-order valence-corrected chi connectivity index (χ2v) is 8.96. The maximum Gasteiger partial charge on any atom is 0.263 e. The van der Waals surface area contributed by atoms with Crippen LogP contribution in [0.3, 0.4) is 0 Å². The SMILES string of the molecule is O=C1N2C(=CNC3=C2CCc2ccccc23)NC1(Cc1ccco1)c1ccnc2ccccc12. The van der Waals surface area contributed by atoms with Gasteiger partial charge in [-0.25, -0.2) is 0 Å². The maximum atomic E-state index is 14.5. The quantitative estimate of drug-likeness (QED) is 0.488. The van der Waals surface area contributed by atoms with Crippen molar-refractivity contribution in [3.05, 3.63) is 119 Å². The maximum absolute atomic E-state index is 14.5. The standard InChI is InChI=1S/C28H22N4O2/c33-27-28(16-19-7-5-15-34-19,22-13-14-29-23-10-4-3-9-21(22)23)31-25-17-30-26-20-8-2-1-6-18(20)11-12-24(26)32(25)27/h1-10,13-15,17,30-31H,11-12,16H2. The average Bonchev–Trinajstić information content (AvgIpc) is 3.50. The van der Waals surface area contributed by atoms with Gasteiger partial charge in [0.05, 0.1) is 23.2 Å². The van der Waals surface area contributed by atoms with E-state index in [0.717, 1.165) is 57.8 Å². The summed E-state index contributed by atoms with van der Waals surface area (Å²) in [7, 11) is 0. The largest absolute Gasteiger partial charge is 0.469 e. The molecule has 1 atom stereocenters. The second-order valence-electron chi connectivity index (χ2n) is 8.96. The number of nitrogens with one attached hydrogen (secondary N) is 2. The van der Waals surface area contributed by atoms with Crippen LogP contribution in [0.4, 0.5) is 0 Å². The molecule has 1 saturated heterocycles. The van der Waals surface area contributed by atoms with Crippen molar-refractivity contribution < 1.29 is 9.21 Å². The monoisotopic (exact) mass is 446 g/mol. The van der Waals surface area contributed by atoms with Crippen molar-refractivity contribution in [2.24, 2.45) is 0 Å². The fourth-order valence-corrected chi connectivity index (χ4v) is 5.58. The Morgan fingerprint density at radius 3 is 2.79 bits per heavy atom. The minimum absolute atomic E-state index is 0.000107. The third kappa shape index (κ3) is 2.62. The summed E-state index contributed by atoms with van der Waals surface area (Å²) >= 11 is 0. The molecule has 34 heavy (non-hydrogen) atoms. The van der Waals surface area contributed by atoms with Crippen LogP contribution in [0.1, 0.15) is 28.9 Å². The van der Waals surface area contributed by atoms with Crippen molar-refractivity contribution in [2.75, 3.05) is 0 Å². The molecule has 1 amide bonds. The minimum atomic E-state index is -1.02. The van der Waals surface area contributed by atoms with Crippen LogP contribution in [-0.4, -0.2) is 15.8 Å². The Labute approximate surface area is 196 Å². The molecular formula is C28H22N4O2. The van der Waals surface area contributed by atoms with Gasteiger partial charge < -0.3 is 15.1 Å². The predicted molar refractivity (Wildman–Crippen MR) is 129 cm³/mol. The topological polar surface area (TPSA) is 70.4 Å². The van der Waals surface area contributed by atoms with Crippen molar-refractivity contribution in [3.8, 4) is 0 Å². The van der Waals surface area contributed by atoms with Gasteiger partial charge in [0.2, 0.25) is 0 Å². The summed E-state index contributed by atoms with van der Waals surface area (Å²) in [4.78, 5) is 20.9. The predicted octanol–water partition coefficient (Wildman–Crippen LogP) is 4.41. The van der Waals surface area contributed by atoms with Crippen LogP contribution in [0.5, 0.6) is 0 Å². The van der Waals surface area contributed by atoms with Crippen molar-refractivity contribution in [3.63, 3.8) is 0 Å². The Morgan fingerprint density at radius 1 is 1.00 bits per heavy atom. The number of aryl methyl sites for hydroxylation is 1. The van der Waals surface area contributed by atoms with E-state index in [0.29, 0.717) is 6.42 Å². The van der Waals surface area contributed by atoms with Gasteiger partial charge >= 0.3 is 0 Å². The number of benzene rings is 2. The molecule has 1 aliphatic carbocycles. The summed E-state index contributed by atoms with van der Waals surface area (Å²) in [6, 6.07) is 22.1. The third-order valence-electron chi connectivity index (χ3n) is 7.11. The van der Waals surface area contributed by atoms with Gasteiger partial charge in [0.15, 0.2) is 5.54 Å². The highest BCUT2D eigenvalue weighted by molar-refractivity contribution is 5.99. The number of para-hydroxylation sites is 1. The number of pyridine rings is 1. The third-order valence-corrected chi connectivity index (χ3v) is 7.11. The molecule has 2 aromatic carbocycles. The molecule has 3 aliphatic rings. The van der Waals surface area contributed by atoms with Gasteiger partial charge in [-0.15, -0.1) is 0 Å². The second kappa shape index (κ2) is 7.09. The molecule has 2 aliphatic heterocycles.